The molecule has 2 aromatic rings. The Morgan fingerprint density at radius 3 is 2.00 bits per heavy atom. The first-order chi connectivity index (χ1) is 8.79. The van der Waals surface area contributed by atoms with Crippen molar-refractivity contribution in [1.82, 2.24) is 0 Å². The van der Waals surface area contributed by atoms with Crippen LogP contribution in [0.4, 0.5) is 0 Å². The van der Waals surface area contributed by atoms with Crippen molar-refractivity contribution in [2.75, 3.05) is 0 Å². The lowest BCUT2D eigenvalue weighted by Gasteiger charge is -2.01. The van der Waals surface area contributed by atoms with E-state index in [0.29, 0.717) is 0 Å². The Kier molecular flexibility index (Phi) is 4.45. The van der Waals surface area contributed by atoms with Crippen molar-refractivity contribution in [2.45, 2.75) is 19.8 Å². The molecular formula is C17H15Cl. The van der Waals surface area contributed by atoms with Crippen molar-refractivity contribution in [2.24, 2.45) is 0 Å². The number of hydrogen-bond acceptors (Lipinski definition) is 0. The summed E-state index contributed by atoms with van der Waals surface area (Å²) in [5.41, 5.74) is 3.43. The summed E-state index contributed by atoms with van der Waals surface area (Å²) in [6.07, 6.45) is 2.06. The van der Waals surface area contributed by atoms with E-state index in [0.717, 1.165) is 23.4 Å². The minimum Gasteiger partial charge on any atom is -0.0979 e. The first kappa shape index (κ1) is 12.7. The van der Waals surface area contributed by atoms with Crippen LogP contribution in [0.15, 0.2) is 48.5 Å². The summed E-state index contributed by atoms with van der Waals surface area (Å²) in [7, 11) is 0. The molecule has 2 rings (SSSR count). The molecule has 2 aromatic carbocycles. The van der Waals surface area contributed by atoms with Gasteiger partial charge in [0, 0.05) is 17.0 Å². The molecule has 0 spiro atoms. The van der Waals surface area contributed by atoms with Gasteiger partial charge < -0.3 is 0 Å². The normalized spacial score (nSPS) is 9.67. The van der Waals surface area contributed by atoms with Gasteiger partial charge in [0.25, 0.3) is 0 Å². The van der Waals surface area contributed by atoms with Gasteiger partial charge in [-0.15, -0.1) is 0 Å². The molecule has 0 fully saturated rings. The third-order valence-corrected chi connectivity index (χ3v) is 2.92. The zero-order valence-electron chi connectivity index (χ0n) is 10.4. The third kappa shape index (κ3) is 3.39. The molecule has 0 unspecified atom stereocenters. The third-order valence-electron chi connectivity index (χ3n) is 2.67. The average molecular weight is 255 g/mol. The van der Waals surface area contributed by atoms with E-state index in [1.165, 1.54) is 11.1 Å². The number of halogens is 1. The van der Waals surface area contributed by atoms with Crippen molar-refractivity contribution < 1.29 is 0 Å². The number of rotatable bonds is 2. The van der Waals surface area contributed by atoms with Gasteiger partial charge in [0.05, 0.1) is 0 Å². The summed E-state index contributed by atoms with van der Waals surface area (Å²) in [6, 6.07) is 16.2. The van der Waals surface area contributed by atoms with E-state index in [2.05, 4.69) is 43.0 Å². The molecule has 0 aliphatic carbocycles. The highest BCUT2D eigenvalue weighted by Gasteiger charge is 1.97. The molecule has 0 aromatic heterocycles. The molecule has 0 aliphatic heterocycles. The predicted octanol–water partition coefficient (Wildman–Crippen LogP) is 5.16. The van der Waals surface area contributed by atoms with Gasteiger partial charge in [0.1, 0.15) is 0 Å². The summed E-state index contributed by atoms with van der Waals surface area (Å²) in [6.45, 7) is 2.14. The van der Waals surface area contributed by atoms with Crippen LogP contribution in [0, 0.1) is 11.8 Å². The summed E-state index contributed by atoms with van der Waals surface area (Å²) < 4.78 is 0. The Balaban J connectivity index is 2.18. The van der Waals surface area contributed by atoms with Gasteiger partial charge in [-0.05, 0) is 41.8 Å². The van der Waals surface area contributed by atoms with Crippen LogP contribution in [0.5, 0.6) is 0 Å². The zero-order valence-corrected chi connectivity index (χ0v) is 11.2. The van der Waals surface area contributed by atoms with Crippen molar-refractivity contribution in [3.05, 3.63) is 59.1 Å². The van der Waals surface area contributed by atoms with Gasteiger partial charge in [-0.25, -0.2) is 0 Å². The van der Waals surface area contributed by atoms with Crippen LogP contribution < -0.4 is 0 Å². The van der Waals surface area contributed by atoms with Crippen LogP contribution in [0.3, 0.4) is 0 Å². The fourth-order valence-corrected chi connectivity index (χ4v) is 1.80. The molecule has 0 aliphatic rings. The maximum absolute atomic E-state index is 5.88. The van der Waals surface area contributed by atoms with E-state index < -0.39 is 0 Å². The largest absolute Gasteiger partial charge is 0.0979 e. The minimum absolute atomic E-state index is 0.765. The molecule has 0 nitrogen and oxygen atoms in total. The molecule has 0 bridgehead atoms. The van der Waals surface area contributed by atoms with E-state index in [-0.39, 0.29) is 0 Å². The van der Waals surface area contributed by atoms with Gasteiger partial charge >= 0.3 is 0 Å². The molecular weight excluding hydrogens is 240 g/mol. The van der Waals surface area contributed by atoms with E-state index in [1.807, 2.05) is 24.3 Å². The van der Waals surface area contributed by atoms with Crippen LogP contribution in [-0.4, -0.2) is 0 Å². The average Bonchev–Trinajstić information content (AvgIpc) is 2.41. The van der Waals surface area contributed by atoms with Crippen LogP contribution in [0.25, 0.3) is 11.1 Å². The molecule has 0 N–H and O–H groups in total. The van der Waals surface area contributed by atoms with Crippen molar-refractivity contribution in [3.8, 4) is 23.0 Å². The van der Waals surface area contributed by atoms with Gasteiger partial charge in [0.2, 0.25) is 0 Å². The van der Waals surface area contributed by atoms with Crippen molar-refractivity contribution in [3.63, 3.8) is 0 Å². The second-order valence-corrected chi connectivity index (χ2v) is 4.57. The molecule has 0 radical (unpaired) electrons. The molecule has 0 heterocycles. The second-order valence-electron chi connectivity index (χ2n) is 4.14. The van der Waals surface area contributed by atoms with Gasteiger partial charge in [0.15, 0.2) is 0 Å². The lowest BCUT2D eigenvalue weighted by atomic mass is 10.0. The fourth-order valence-electron chi connectivity index (χ4n) is 1.68. The fraction of sp³-hybridized carbons (Fsp3) is 0.176. The summed E-state index contributed by atoms with van der Waals surface area (Å²) in [5.74, 6) is 6.31. The zero-order chi connectivity index (χ0) is 12.8. The Morgan fingerprint density at radius 1 is 0.889 bits per heavy atom. The second kappa shape index (κ2) is 6.28. The maximum atomic E-state index is 5.88. The summed E-state index contributed by atoms with van der Waals surface area (Å²) in [5, 5.41) is 0.765. The lowest BCUT2D eigenvalue weighted by molar-refractivity contribution is 0.983. The van der Waals surface area contributed by atoms with E-state index >= 15 is 0 Å². The minimum atomic E-state index is 0.765. The van der Waals surface area contributed by atoms with Gasteiger partial charge in [-0.2, -0.15) is 0 Å². The van der Waals surface area contributed by atoms with Crippen LogP contribution >= 0.6 is 11.6 Å². The smallest absolute Gasteiger partial charge is 0.0406 e. The number of hydrogen-bond donors (Lipinski definition) is 0. The van der Waals surface area contributed by atoms with Crippen LogP contribution in [-0.2, 0) is 0 Å². The Labute approximate surface area is 114 Å². The molecule has 0 amide bonds. The molecule has 0 saturated carbocycles. The van der Waals surface area contributed by atoms with Gasteiger partial charge in [-0.1, -0.05) is 54.6 Å². The SMILES string of the molecule is CCCC#Cc1ccc(-c2ccc(Cl)cc2)cc1. The molecule has 18 heavy (non-hydrogen) atoms. The lowest BCUT2D eigenvalue weighted by Crippen LogP contribution is -1.79. The first-order valence-electron chi connectivity index (χ1n) is 6.14. The molecule has 0 saturated heterocycles. The molecule has 90 valence electrons. The first-order valence-corrected chi connectivity index (χ1v) is 6.52. The highest BCUT2D eigenvalue weighted by molar-refractivity contribution is 6.30. The van der Waals surface area contributed by atoms with Crippen molar-refractivity contribution >= 4 is 11.6 Å². The monoisotopic (exact) mass is 254 g/mol. The number of unbranched alkanes of at least 4 members (excludes halogenated alkanes) is 1. The Hall–Kier alpha value is -1.71. The summed E-state index contributed by atoms with van der Waals surface area (Å²) in [4.78, 5) is 0. The van der Waals surface area contributed by atoms with Crippen molar-refractivity contribution in [1.29, 1.82) is 0 Å². The molecule has 1 heteroatoms. The standard InChI is InChI=1S/C17H15Cl/c1-2-3-4-5-14-6-8-15(9-7-14)16-10-12-17(18)13-11-16/h6-13H,2-3H2,1H3. The van der Waals surface area contributed by atoms with Crippen LogP contribution in [0.1, 0.15) is 25.3 Å². The highest BCUT2D eigenvalue weighted by atomic mass is 35.5. The maximum Gasteiger partial charge on any atom is 0.0406 e. The topological polar surface area (TPSA) is 0 Å². The van der Waals surface area contributed by atoms with Gasteiger partial charge in [-0.3, -0.25) is 0 Å². The summed E-state index contributed by atoms with van der Waals surface area (Å²) >= 11 is 5.88. The van der Waals surface area contributed by atoms with E-state index in [4.69, 9.17) is 11.6 Å². The van der Waals surface area contributed by atoms with E-state index in [1.54, 1.807) is 0 Å². The highest BCUT2D eigenvalue weighted by Crippen LogP contribution is 2.21. The molecule has 0 atom stereocenters. The van der Waals surface area contributed by atoms with Crippen LogP contribution in [0.2, 0.25) is 5.02 Å². The quantitative estimate of drug-likeness (QED) is 0.650. The number of benzene rings is 2. The predicted molar refractivity (Wildman–Crippen MR) is 78.7 cm³/mol. The Morgan fingerprint density at radius 2 is 1.44 bits per heavy atom. The Bertz CT molecular complexity index is 553. The van der Waals surface area contributed by atoms with E-state index in [9.17, 15) is 0 Å².